The minimum atomic E-state index is -3.88. The van der Waals surface area contributed by atoms with Gasteiger partial charge in [0.15, 0.2) is 0 Å². The van der Waals surface area contributed by atoms with Crippen LogP contribution in [0.5, 0.6) is 0 Å². The molecule has 0 heterocycles. The molecule has 3 rings (SSSR count). The molecular formula is C23H22ClIN2O3S. The zero-order valence-corrected chi connectivity index (χ0v) is 20.4. The Morgan fingerprint density at radius 2 is 1.58 bits per heavy atom. The highest BCUT2D eigenvalue weighted by atomic mass is 127. The van der Waals surface area contributed by atoms with Crippen LogP contribution in [0.1, 0.15) is 12.0 Å². The molecule has 31 heavy (non-hydrogen) atoms. The molecule has 1 amide bonds. The molecule has 0 saturated heterocycles. The lowest BCUT2D eigenvalue weighted by Gasteiger charge is -2.24. The summed E-state index contributed by atoms with van der Waals surface area (Å²) in [5.74, 6) is -0.353. The zero-order chi connectivity index (χ0) is 22.3. The highest BCUT2D eigenvalue weighted by Crippen LogP contribution is 2.24. The van der Waals surface area contributed by atoms with Crippen molar-refractivity contribution in [1.82, 2.24) is 5.32 Å². The molecule has 0 fully saturated rings. The molecule has 3 aromatic rings. The van der Waals surface area contributed by atoms with Crippen molar-refractivity contribution in [3.63, 3.8) is 0 Å². The number of halogens is 2. The molecule has 0 aliphatic carbocycles. The number of nitrogens with zero attached hydrogens (tertiary/aromatic N) is 1. The van der Waals surface area contributed by atoms with E-state index in [1.807, 2.05) is 36.4 Å². The molecule has 0 saturated carbocycles. The Hall–Kier alpha value is -2.10. The third-order valence-electron chi connectivity index (χ3n) is 4.61. The number of carbonyl (C=O) groups excluding carboxylic acids is 1. The van der Waals surface area contributed by atoms with Gasteiger partial charge in [0, 0.05) is 15.1 Å². The lowest BCUT2D eigenvalue weighted by atomic mass is 10.1. The number of benzene rings is 3. The van der Waals surface area contributed by atoms with Gasteiger partial charge in [-0.1, -0.05) is 41.9 Å². The van der Waals surface area contributed by atoms with Crippen molar-refractivity contribution in [1.29, 1.82) is 0 Å². The van der Waals surface area contributed by atoms with Gasteiger partial charge in [0.2, 0.25) is 5.91 Å². The Kier molecular flexibility index (Phi) is 8.34. The standard InChI is InChI=1S/C23H22ClIN2O3S/c24-19-10-8-18(9-11-19)5-4-16-26-23(28)17-27(21-14-12-20(25)13-15-21)31(29,30)22-6-2-1-3-7-22/h1-3,6-15H,4-5,16-17H2,(H,26,28). The second-order valence-corrected chi connectivity index (χ2v) is 10.4. The topological polar surface area (TPSA) is 66.5 Å². The van der Waals surface area contributed by atoms with E-state index in [4.69, 9.17) is 11.6 Å². The van der Waals surface area contributed by atoms with Gasteiger partial charge in [-0.15, -0.1) is 0 Å². The average Bonchev–Trinajstić information content (AvgIpc) is 2.77. The van der Waals surface area contributed by atoms with Gasteiger partial charge in [0.1, 0.15) is 6.54 Å². The molecule has 0 unspecified atom stereocenters. The molecule has 0 aliphatic heterocycles. The molecule has 0 radical (unpaired) electrons. The van der Waals surface area contributed by atoms with E-state index in [0.717, 1.165) is 26.3 Å². The minimum absolute atomic E-state index is 0.143. The molecule has 0 aromatic heterocycles. The number of hydrogen-bond acceptors (Lipinski definition) is 3. The first-order valence-corrected chi connectivity index (χ1v) is 12.6. The van der Waals surface area contributed by atoms with Crippen LogP contribution in [0, 0.1) is 3.57 Å². The van der Waals surface area contributed by atoms with Crippen LogP contribution in [-0.2, 0) is 21.2 Å². The third-order valence-corrected chi connectivity index (χ3v) is 7.37. The predicted molar refractivity (Wildman–Crippen MR) is 133 cm³/mol. The van der Waals surface area contributed by atoms with E-state index in [-0.39, 0.29) is 17.3 Å². The normalized spacial score (nSPS) is 11.2. The second kappa shape index (κ2) is 11.0. The summed E-state index contributed by atoms with van der Waals surface area (Å²) in [5.41, 5.74) is 1.58. The molecule has 0 atom stereocenters. The monoisotopic (exact) mass is 568 g/mol. The summed E-state index contributed by atoms with van der Waals surface area (Å²) in [6.45, 7) is 0.159. The minimum Gasteiger partial charge on any atom is -0.355 e. The van der Waals surface area contributed by atoms with Gasteiger partial charge < -0.3 is 5.32 Å². The van der Waals surface area contributed by atoms with Crippen molar-refractivity contribution in [3.05, 3.63) is 93.0 Å². The van der Waals surface area contributed by atoms with Crippen LogP contribution < -0.4 is 9.62 Å². The highest BCUT2D eigenvalue weighted by Gasteiger charge is 2.26. The van der Waals surface area contributed by atoms with Crippen LogP contribution in [0.15, 0.2) is 83.8 Å². The van der Waals surface area contributed by atoms with Crippen molar-refractivity contribution in [3.8, 4) is 0 Å². The molecule has 0 spiro atoms. The van der Waals surface area contributed by atoms with Crippen molar-refractivity contribution in [2.75, 3.05) is 17.4 Å². The molecule has 0 bridgehead atoms. The number of carbonyl (C=O) groups is 1. The number of anilines is 1. The Morgan fingerprint density at radius 3 is 2.23 bits per heavy atom. The van der Waals surface area contributed by atoms with Gasteiger partial charge in [-0.05, 0) is 89.5 Å². The number of aryl methyl sites for hydroxylation is 1. The number of hydrogen-bond donors (Lipinski definition) is 1. The van der Waals surface area contributed by atoms with Gasteiger partial charge in [0.25, 0.3) is 10.0 Å². The highest BCUT2D eigenvalue weighted by molar-refractivity contribution is 14.1. The van der Waals surface area contributed by atoms with Crippen LogP contribution >= 0.6 is 34.2 Å². The number of nitrogens with one attached hydrogen (secondary N) is 1. The maximum atomic E-state index is 13.2. The fourth-order valence-corrected chi connectivity index (χ4v) is 4.93. The van der Waals surface area contributed by atoms with Crippen molar-refractivity contribution < 1.29 is 13.2 Å². The van der Waals surface area contributed by atoms with E-state index in [0.29, 0.717) is 17.3 Å². The maximum absolute atomic E-state index is 13.2. The third kappa shape index (κ3) is 6.69. The summed E-state index contributed by atoms with van der Waals surface area (Å²) in [6.07, 6.45) is 1.53. The fraction of sp³-hybridized carbons (Fsp3) is 0.174. The van der Waals surface area contributed by atoms with Gasteiger partial charge in [-0.2, -0.15) is 0 Å². The maximum Gasteiger partial charge on any atom is 0.264 e. The van der Waals surface area contributed by atoms with Crippen LogP contribution in [0.4, 0.5) is 5.69 Å². The lowest BCUT2D eigenvalue weighted by molar-refractivity contribution is -0.119. The lowest BCUT2D eigenvalue weighted by Crippen LogP contribution is -2.41. The number of rotatable bonds is 9. The van der Waals surface area contributed by atoms with Crippen molar-refractivity contribution in [2.45, 2.75) is 17.7 Å². The summed E-state index contributed by atoms with van der Waals surface area (Å²) in [5, 5.41) is 3.51. The van der Waals surface area contributed by atoms with Crippen LogP contribution in [-0.4, -0.2) is 27.4 Å². The summed E-state index contributed by atoms with van der Waals surface area (Å²) in [7, 11) is -3.88. The molecule has 3 aromatic carbocycles. The summed E-state index contributed by atoms with van der Waals surface area (Å²) in [6, 6.07) is 22.7. The first-order chi connectivity index (χ1) is 14.9. The Balaban J connectivity index is 1.67. The average molecular weight is 569 g/mol. The molecule has 0 aliphatic rings. The Morgan fingerprint density at radius 1 is 0.935 bits per heavy atom. The summed E-state index contributed by atoms with van der Waals surface area (Å²) >= 11 is 8.04. The van der Waals surface area contributed by atoms with E-state index >= 15 is 0 Å². The first kappa shape index (κ1) is 23.6. The number of amides is 1. The van der Waals surface area contributed by atoms with E-state index in [9.17, 15) is 13.2 Å². The van der Waals surface area contributed by atoms with Crippen LogP contribution in [0.3, 0.4) is 0 Å². The smallest absolute Gasteiger partial charge is 0.264 e. The summed E-state index contributed by atoms with van der Waals surface area (Å²) < 4.78 is 28.6. The molecular weight excluding hydrogens is 547 g/mol. The summed E-state index contributed by atoms with van der Waals surface area (Å²) in [4.78, 5) is 12.7. The van der Waals surface area contributed by atoms with E-state index in [1.54, 1.807) is 30.3 Å². The van der Waals surface area contributed by atoms with Gasteiger partial charge in [0.05, 0.1) is 10.6 Å². The quantitative estimate of drug-likeness (QED) is 0.295. The fourth-order valence-electron chi connectivity index (χ4n) is 3.00. The first-order valence-electron chi connectivity index (χ1n) is 9.71. The number of sulfonamides is 1. The second-order valence-electron chi connectivity index (χ2n) is 6.88. The van der Waals surface area contributed by atoms with Gasteiger partial charge in [-0.3, -0.25) is 9.10 Å². The van der Waals surface area contributed by atoms with Crippen molar-refractivity contribution in [2.24, 2.45) is 0 Å². The Labute approximate surface area is 201 Å². The van der Waals surface area contributed by atoms with Crippen molar-refractivity contribution >= 4 is 55.8 Å². The Bertz CT molecular complexity index is 1110. The molecule has 162 valence electrons. The van der Waals surface area contributed by atoms with E-state index < -0.39 is 10.0 Å². The van der Waals surface area contributed by atoms with Gasteiger partial charge >= 0.3 is 0 Å². The zero-order valence-electron chi connectivity index (χ0n) is 16.7. The van der Waals surface area contributed by atoms with Gasteiger partial charge in [-0.25, -0.2) is 8.42 Å². The van der Waals surface area contributed by atoms with Crippen LogP contribution in [0.2, 0.25) is 5.02 Å². The predicted octanol–water partition coefficient (Wildman–Crippen LogP) is 4.89. The SMILES string of the molecule is O=C(CN(c1ccc(I)cc1)S(=O)(=O)c1ccccc1)NCCCc1ccc(Cl)cc1. The van der Waals surface area contributed by atoms with E-state index in [1.165, 1.54) is 12.1 Å². The molecule has 5 nitrogen and oxygen atoms in total. The molecule has 1 N–H and O–H groups in total. The largest absolute Gasteiger partial charge is 0.355 e. The molecule has 8 heteroatoms. The van der Waals surface area contributed by atoms with E-state index in [2.05, 4.69) is 27.9 Å². The van der Waals surface area contributed by atoms with Crippen LogP contribution in [0.25, 0.3) is 0 Å².